The van der Waals surface area contributed by atoms with Crippen molar-refractivity contribution in [3.05, 3.63) is 23.9 Å². The quantitative estimate of drug-likeness (QED) is 0.832. The molecule has 2 rings (SSSR count). The van der Waals surface area contributed by atoms with Crippen molar-refractivity contribution in [2.45, 2.75) is 19.0 Å². The average molecular weight is 318 g/mol. The summed E-state index contributed by atoms with van der Waals surface area (Å²) in [5, 5.41) is 11.4. The van der Waals surface area contributed by atoms with E-state index in [-0.39, 0.29) is 18.1 Å². The minimum absolute atomic E-state index is 0.0452. The molecule has 0 saturated heterocycles. The molecule has 0 unspecified atom stereocenters. The molecule has 2 N–H and O–H groups in total. The van der Waals surface area contributed by atoms with Crippen molar-refractivity contribution in [2.75, 3.05) is 13.2 Å². The Hall–Kier alpha value is -2.32. The van der Waals surface area contributed by atoms with Gasteiger partial charge < -0.3 is 15.2 Å². The number of carboxylic acid groups (broad SMARTS) is 1. The molecule has 1 saturated carbocycles. The molecule has 6 nitrogen and oxygen atoms in total. The smallest absolute Gasteiger partial charge is 0.422 e. The van der Waals surface area contributed by atoms with Crippen LogP contribution in [0.1, 0.15) is 23.3 Å². The van der Waals surface area contributed by atoms with Crippen LogP contribution in [0.3, 0.4) is 0 Å². The highest BCUT2D eigenvalue weighted by Gasteiger charge is 2.50. The van der Waals surface area contributed by atoms with Crippen LogP contribution in [0, 0.1) is 5.41 Å². The maximum absolute atomic E-state index is 12.0. The van der Waals surface area contributed by atoms with Gasteiger partial charge in [0, 0.05) is 12.6 Å². The second-order valence-corrected chi connectivity index (χ2v) is 5.03. The van der Waals surface area contributed by atoms with Crippen molar-refractivity contribution in [2.24, 2.45) is 5.41 Å². The van der Waals surface area contributed by atoms with Crippen LogP contribution in [0.15, 0.2) is 18.2 Å². The fourth-order valence-electron chi connectivity index (χ4n) is 1.73. The van der Waals surface area contributed by atoms with Gasteiger partial charge in [0.2, 0.25) is 5.88 Å². The van der Waals surface area contributed by atoms with Crippen molar-refractivity contribution < 1.29 is 32.6 Å². The Balaban J connectivity index is 1.94. The van der Waals surface area contributed by atoms with Crippen LogP contribution >= 0.6 is 0 Å². The Morgan fingerprint density at radius 1 is 1.36 bits per heavy atom. The van der Waals surface area contributed by atoms with E-state index < -0.39 is 30.1 Å². The third-order valence-corrected chi connectivity index (χ3v) is 3.23. The number of hydrogen-bond donors (Lipinski definition) is 2. The van der Waals surface area contributed by atoms with Crippen molar-refractivity contribution in [3.63, 3.8) is 0 Å². The van der Waals surface area contributed by atoms with E-state index >= 15 is 0 Å². The number of aliphatic carboxylic acids is 1. The number of amides is 1. The zero-order valence-electron chi connectivity index (χ0n) is 11.3. The lowest BCUT2D eigenvalue weighted by atomic mass is 10.1. The lowest BCUT2D eigenvalue weighted by Crippen LogP contribution is -2.34. The fraction of sp³-hybridized carbons (Fsp3) is 0.462. The summed E-state index contributed by atoms with van der Waals surface area (Å²) < 4.78 is 40.6. The number of carboxylic acids is 1. The molecule has 1 aliphatic rings. The molecule has 1 amide bonds. The number of ether oxygens (including phenoxy) is 1. The van der Waals surface area contributed by atoms with E-state index in [0.29, 0.717) is 12.8 Å². The lowest BCUT2D eigenvalue weighted by Gasteiger charge is -2.12. The fourth-order valence-corrected chi connectivity index (χ4v) is 1.73. The van der Waals surface area contributed by atoms with E-state index in [1.54, 1.807) is 0 Å². The van der Waals surface area contributed by atoms with Gasteiger partial charge in [-0.1, -0.05) is 6.07 Å². The molecule has 1 fully saturated rings. The summed E-state index contributed by atoms with van der Waals surface area (Å²) in [7, 11) is 0. The highest BCUT2D eigenvalue weighted by Crippen LogP contribution is 2.45. The molecule has 9 heteroatoms. The largest absolute Gasteiger partial charge is 0.481 e. The predicted octanol–water partition coefficient (Wildman–Crippen LogP) is 1.62. The Kier molecular flexibility index (Phi) is 4.25. The van der Waals surface area contributed by atoms with E-state index in [1.165, 1.54) is 18.2 Å². The van der Waals surface area contributed by atoms with Gasteiger partial charge in [0.1, 0.15) is 5.69 Å². The van der Waals surface area contributed by atoms with Crippen LogP contribution in [0.5, 0.6) is 5.88 Å². The number of nitrogens with zero attached hydrogens (tertiary/aromatic N) is 1. The van der Waals surface area contributed by atoms with Crippen LogP contribution in [0.2, 0.25) is 0 Å². The molecular formula is C13H13F3N2O4. The average Bonchev–Trinajstić information content (AvgIpc) is 3.23. The van der Waals surface area contributed by atoms with Gasteiger partial charge in [0.05, 0.1) is 5.41 Å². The van der Waals surface area contributed by atoms with Gasteiger partial charge in [-0.05, 0) is 18.9 Å². The summed E-state index contributed by atoms with van der Waals surface area (Å²) in [4.78, 5) is 26.5. The lowest BCUT2D eigenvalue weighted by molar-refractivity contribution is -0.154. The first-order valence-electron chi connectivity index (χ1n) is 6.40. The van der Waals surface area contributed by atoms with Crippen molar-refractivity contribution >= 4 is 11.9 Å². The van der Waals surface area contributed by atoms with E-state index in [4.69, 9.17) is 5.11 Å². The van der Waals surface area contributed by atoms with Gasteiger partial charge in [0.15, 0.2) is 6.61 Å². The summed E-state index contributed by atoms with van der Waals surface area (Å²) in [5.74, 6) is -1.97. The number of rotatable bonds is 6. The first kappa shape index (κ1) is 16.1. The molecule has 0 radical (unpaired) electrons. The molecule has 0 atom stereocenters. The van der Waals surface area contributed by atoms with Crippen LogP contribution in [0.25, 0.3) is 0 Å². The van der Waals surface area contributed by atoms with Gasteiger partial charge in [-0.15, -0.1) is 0 Å². The number of pyridine rings is 1. The molecule has 22 heavy (non-hydrogen) atoms. The third-order valence-electron chi connectivity index (χ3n) is 3.23. The number of carbonyl (C=O) groups is 2. The number of halogens is 3. The summed E-state index contributed by atoms with van der Waals surface area (Å²) >= 11 is 0. The second kappa shape index (κ2) is 5.82. The molecule has 0 aliphatic heterocycles. The maximum Gasteiger partial charge on any atom is 0.422 e. The molecule has 1 aromatic rings. The highest BCUT2D eigenvalue weighted by molar-refractivity contribution is 5.93. The Bertz CT molecular complexity index is 585. The van der Waals surface area contributed by atoms with Gasteiger partial charge in [-0.3, -0.25) is 9.59 Å². The standard InChI is InChI=1S/C13H13F3N2O4/c14-13(15,16)7-22-9-3-1-2-8(18-9)10(19)17-6-12(4-5-12)11(20)21/h1-3H,4-7H2,(H,17,19)(H,20,21). The van der Waals surface area contributed by atoms with Crippen molar-refractivity contribution in [1.29, 1.82) is 0 Å². The summed E-state index contributed by atoms with van der Waals surface area (Å²) in [6.07, 6.45) is -3.55. The molecular weight excluding hydrogens is 305 g/mol. The van der Waals surface area contributed by atoms with Crippen LogP contribution in [-0.2, 0) is 4.79 Å². The first-order valence-corrected chi connectivity index (χ1v) is 6.40. The van der Waals surface area contributed by atoms with Crippen molar-refractivity contribution in [3.8, 4) is 5.88 Å². The van der Waals surface area contributed by atoms with Crippen LogP contribution < -0.4 is 10.1 Å². The molecule has 1 heterocycles. The second-order valence-electron chi connectivity index (χ2n) is 5.03. The van der Waals surface area contributed by atoms with E-state index in [2.05, 4.69) is 15.0 Å². The van der Waals surface area contributed by atoms with E-state index in [1.807, 2.05) is 0 Å². The monoisotopic (exact) mass is 318 g/mol. The summed E-state index contributed by atoms with van der Waals surface area (Å²) in [6.45, 7) is -1.55. The van der Waals surface area contributed by atoms with Gasteiger partial charge in [0.25, 0.3) is 5.91 Å². The molecule has 0 bridgehead atoms. The maximum atomic E-state index is 12.0. The highest BCUT2D eigenvalue weighted by atomic mass is 19.4. The Morgan fingerprint density at radius 2 is 2.05 bits per heavy atom. The first-order chi connectivity index (χ1) is 10.2. The molecule has 120 valence electrons. The predicted molar refractivity (Wildman–Crippen MR) is 67.4 cm³/mol. The minimum Gasteiger partial charge on any atom is -0.481 e. The van der Waals surface area contributed by atoms with E-state index in [0.717, 1.165) is 0 Å². The molecule has 0 aromatic carbocycles. The number of nitrogens with one attached hydrogen (secondary N) is 1. The Morgan fingerprint density at radius 3 is 2.59 bits per heavy atom. The number of alkyl halides is 3. The van der Waals surface area contributed by atoms with E-state index in [9.17, 15) is 22.8 Å². The van der Waals surface area contributed by atoms with Gasteiger partial charge in [-0.25, -0.2) is 4.98 Å². The summed E-state index contributed by atoms with van der Waals surface area (Å²) in [6, 6.07) is 3.83. The number of carbonyl (C=O) groups excluding carboxylic acids is 1. The van der Waals surface area contributed by atoms with Crippen LogP contribution in [-0.4, -0.2) is 41.3 Å². The summed E-state index contributed by atoms with van der Waals surface area (Å²) in [5.41, 5.74) is -1.07. The third kappa shape index (κ3) is 4.09. The SMILES string of the molecule is O=C(NCC1(C(=O)O)CC1)c1cccc(OCC(F)(F)F)n1. The van der Waals surface area contributed by atoms with Crippen molar-refractivity contribution in [1.82, 2.24) is 10.3 Å². The van der Waals surface area contributed by atoms with Gasteiger partial charge >= 0.3 is 12.1 Å². The zero-order chi connectivity index (χ0) is 16.4. The molecule has 1 aliphatic carbocycles. The Labute approximate surface area is 123 Å². The van der Waals surface area contributed by atoms with Crippen LogP contribution in [0.4, 0.5) is 13.2 Å². The number of hydrogen-bond acceptors (Lipinski definition) is 4. The zero-order valence-corrected chi connectivity index (χ0v) is 11.3. The molecule has 1 aromatic heterocycles. The normalized spacial score (nSPS) is 16.0. The molecule has 0 spiro atoms. The number of aromatic nitrogens is 1. The van der Waals surface area contributed by atoms with Gasteiger partial charge in [-0.2, -0.15) is 13.2 Å². The minimum atomic E-state index is -4.50. The topological polar surface area (TPSA) is 88.5 Å².